The van der Waals surface area contributed by atoms with Crippen molar-refractivity contribution >= 4 is 27.4 Å². The zero-order valence-electron chi connectivity index (χ0n) is 9.77. The number of carboxylic acid groups (broad SMARTS) is 1. The van der Waals surface area contributed by atoms with Crippen LogP contribution in [0.4, 0.5) is 0 Å². The summed E-state index contributed by atoms with van der Waals surface area (Å²) in [4.78, 5) is 11.1. The highest BCUT2D eigenvalue weighted by Crippen LogP contribution is 2.29. The van der Waals surface area contributed by atoms with Gasteiger partial charge in [-0.1, -0.05) is 12.1 Å². The van der Waals surface area contributed by atoms with E-state index in [1.807, 2.05) is 25.3 Å². The van der Waals surface area contributed by atoms with Gasteiger partial charge in [-0.15, -0.1) is 11.3 Å². The number of benzene rings is 1. The molecule has 0 spiro atoms. The van der Waals surface area contributed by atoms with Gasteiger partial charge in [0.1, 0.15) is 0 Å². The molecule has 1 heterocycles. The van der Waals surface area contributed by atoms with Gasteiger partial charge < -0.3 is 9.84 Å². The van der Waals surface area contributed by atoms with Crippen molar-refractivity contribution in [3.63, 3.8) is 0 Å². The van der Waals surface area contributed by atoms with Crippen molar-refractivity contribution in [2.24, 2.45) is 0 Å². The number of ether oxygens (including phenoxy) is 1. The van der Waals surface area contributed by atoms with Crippen molar-refractivity contribution in [1.82, 2.24) is 0 Å². The fourth-order valence-electron chi connectivity index (χ4n) is 1.65. The smallest absolute Gasteiger partial charge is 0.337 e. The Morgan fingerprint density at radius 1 is 1.47 bits per heavy atom. The van der Waals surface area contributed by atoms with Gasteiger partial charge >= 0.3 is 5.97 Å². The van der Waals surface area contributed by atoms with Gasteiger partial charge in [0.25, 0.3) is 0 Å². The van der Waals surface area contributed by atoms with Crippen molar-refractivity contribution in [3.05, 3.63) is 34.7 Å². The first-order valence-corrected chi connectivity index (χ1v) is 6.31. The molecular formula is C13H14O3S. The molecule has 0 saturated heterocycles. The second-order valence-corrected chi connectivity index (χ2v) is 4.99. The van der Waals surface area contributed by atoms with E-state index in [1.165, 1.54) is 11.3 Å². The zero-order valence-corrected chi connectivity index (χ0v) is 10.6. The predicted molar refractivity (Wildman–Crippen MR) is 68.7 cm³/mol. The molecule has 0 radical (unpaired) electrons. The highest BCUT2D eigenvalue weighted by molar-refractivity contribution is 7.17. The van der Waals surface area contributed by atoms with Crippen LogP contribution in [0.3, 0.4) is 0 Å². The predicted octanol–water partition coefficient (Wildman–Crippen LogP) is 3.52. The Kier molecular flexibility index (Phi) is 3.45. The summed E-state index contributed by atoms with van der Waals surface area (Å²) >= 11 is 1.46. The lowest BCUT2D eigenvalue weighted by Gasteiger charge is -2.06. The van der Waals surface area contributed by atoms with Gasteiger partial charge in [0.2, 0.25) is 0 Å². The van der Waals surface area contributed by atoms with E-state index in [0.717, 1.165) is 15.6 Å². The monoisotopic (exact) mass is 250 g/mol. The van der Waals surface area contributed by atoms with Gasteiger partial charge in [-0.25, -0.2) is 4.79 Å². The molecule has 4 heteroatoms. The van der Waals surface area contributed by atoms with Crippen LogP contribution in [0.2, 0.25) is 0 Å². The summed E-state index contributed by atoms with van der Waals surface area (Å²) in [5.41, 5.74) is 1.42. The van der Waals surface area contributed by atoms with Crippen LogP contribution >= 0.6 is 11.3 Å². The molecule has 0 atom stereocenters. The number of rotatable bonds is 4. The number of hydrogen-bond acceptors (Lipinski definition) is 3. The maximum atomic E-state index is 11.1. The summed E-state index contributed by atoms with van der Waals surface area (Å²) in [6.45, 7) is 4.50. The fourth-order valence-corrected chi connectivity index (χ4v) is 2.71. The van der Waals surface area contributed by atoms with Crippen LogP contribution < -0.4 is 0 Å². The Morgan fingerprint density at radius 3 is 2.88 bits per heavy atom. The van der Waals surface area contributed by atoms with Crippen molar-refractivity contribution in [2.45, 2.75) is 26.6 Å². The highest BCUT2D eigenvalue weighted by Gasteiger charge is 2.12. The second kappa shape index (κ2) is 4.85. The van der Waals surface area contributed by atoms with Gasteiger partial charge in [0.05, 0.1) is 18.3 Å². The van der Waals surface area contributed by atoms with E-state index in [2.05, 4.69) is 0 Å². The van der Waals surface area contributed by atoms with Crippen LogP contribution in [0.25, 0.3) is 10.1 Å². The summed E-state index contributed by atoms with van der Waals surface area (Å²) in [6.07, 6.45) is 0.174. The van der Waals surface area contributed by atoms with Gasteiger partial charge in [0.15, 0.2) is 0 Å². The molecule has 3 nitrogen and oxygen atoms in total. The third-order valence-corrected chi connectivity index (χ3v) is 3.56. The first-order valence-electron chi connectivity index (χ1n) is 5.43. The molecule has 0 aliphatic rings. The number of carbonyl (C=O) groups is 1. The minimum atomic E-state index is -0.881. The number of hydrogen-bond donors (Lipinski definition) is 1. The molecule has 0 aliphatic carbocycles. The molecule has 0 bridgehead atoms. The molecule has 90 valence electrons. The normalized spacial score (nSPS) is 11.2. The third-order valence-electron chi connectivity index (χ3n) is 2.48. The van der Waals surface area contributed by atoms with Gasteiger partial charge in [-0.05, 0) is 36.2 Å². The summed E-state index contributed by atoms with van der Waals surface area (Å²) in [5, 5.41) is 12.0. The Hall–Kier alpha value is -1.39. The number of thiophene rings is 1. The summed E-state index contributed by atoms with van der Waals surface area (Å²) in [7, 11) is 0. The van der Waals surface area contributed by atoms with Crippen LogP contribution in [-0.2, 0) is 11.3 Å². The summed E-state index contributed by atoms with van der Waals surface area (Å²) in [6, 6.07) is 5.35. The van der Waals surface area contributed by atoms with Gasteiger partial charge in [-0.3, -0.25) is 0 Å². The standard InChI is InChI=1S/C13H14O3S/c1-8(2)16-6-9-7-17-12-10(9)4-3-5-11(12)13(14)15/h3-5,7-8H,6H2,1-2H3,(H,14,15). The van der Waals surface area contributed by atoms with Crippen LogP contribution in [0.5, 0.6) is 0 Å². The topological polar surface area (TPSA) is 46.5 Å². The van der Waals surface area contributed by atoms with Crippen molar-refractivity contribution in [1.29, 1.82) is 0 Å². The molecule has 0 unspecified atom stereocenters. The third kappa shape index (κ3) is 2.48. The molecule has 1 aromatic carbocycles. The maximum absolute atomic E-state index is 11.1. The van der Waals surface area contributed by atoms with Crippen molar-refractivity contribution < 1.29 is 14.6 Å². The van der Waals surface area contributed by atoms with Gasteiger partial charge in [0, 0.05) is 4.70 Å². The van der Waals surface area contributed by atoms with E-state index < -0.39 is 5.97 Å². The quantitative estimate of drug-likeness (QED) is 0.903. The lowest BCUT2D eigenvalue weighted by molar-refractivity contribution is 0.0664. The minimum Gasteiger partial charge on any atom is -0.478 e. The molecule has 17 heavy (non-hydrogen) atoms. The Morgan fingerprint density at radius 2 is 2.24 bits per heavy atom. The Bertz CT molecular complexity index is 543. The number of aromatic carboxylic acids is 1. The molecule has 2 aromatic rings. The average Bonchev–Trinajstić information content (AvgIpc) is 2.68. The number of carboxylic acids is 1. The maximum Gasteiger partial charge on any atom is 0.337 e. The lowest BCUT2D eigenvalue weighted by atomic mass is 10.1. The summed E-state index contributed by atoms with van der Waals surface area (Å²) in [5.74, 6) is -0.881. The van der Waals surface area contributed by atoms with Crippen LogP contribution in [0.15, 0.2) is 23.6 Å². The van der Waals surface area contributed by atoms with E-state index in [9.17, 15) is 4.79 Å². The van der Waals surface area contributed by atoms with Gasteiger partial charge in [-0.2, -0.15) is 0 Å². The largest absolute Gasteiger partial charge is 0.478 e. The zero-order chi connectivity index (χ0) is 12.4. The molecule has 0 amide bonds. The summed E-state index contributed by atoms with van der Waals surface area (Å²) < 4.78 is 6.38. The SMILES string of the molecule is CC(C)OCc1csc2c(C(=O)O)cccc12. The Balaban J connectivity index is 2.40. The highest BCUT2D eigenvalue weighted by atomic mass is 32.1. The molecule has 0 fully saturated rings. The van der Waals surface area contributed by atoms with Crippen LogP contribution in [-0.4, -0.2) is 17.2 Å². The molecular weight excluding hydrogens is 236 g/mol. The van der Waals surface area contributed by atoms with E-state index in [1.54, 1.807) is 12.1 Å². The van der Waals surface area contributed by atoms with E-state index in [0.29, 0.717) is 12.2 Å². The average molecular weight is 250 g/mol. The van der Waals surface area contributed by atoms with E-state index in [4.69, 9.17) is 9.84 Å². The fraction of sp³-hybridized carbons (Fsp3) is 0.308. The minimum absolute atomic E-state index is 0.174. The first kappa shape index (κ1) is 12.1. The molecule has 0 saturated carbocycles. The Labute approximate surface area is 104 Å². The van der Waals surface area contributed by atoms with E-state index >= 15 is 0 Å². The van der Waals surface area contributed by atoms with Crippen LogP contribution in [0, 0.1) is 0 Å². The molecule has 0 aliphatic heterocycles. The van der Waals surface area contributed by atoms with Crippen LogP contribution in [0.1, 0.15) is 29.8 Å². The molecule has 2 rings (SSSR count). The van der Waals surface area contributed by atoms with Crippen molar-refractivity contribution in [2.75, 3.05) is 0 Å². The molecule has 1 N–H and O–H groups in total. The van der Waals surface area contributed by atoms with Crippen molar-refractivity contribution in [3.8, 4) is 0 Å². The first-order chi connectivity index (χ1) is 8.09. The number of fused-ring (bicyclic) bond motifs is 1. The van der Waals surface area contributed by atoms with E-state index in [-0.39, 0.29) is 6.10 Å². The second-order valence-electron chi connectivity index (χ2n) is 4.11. The molecule has 1 aromatic heterocycles. The lowest BCUT2D eigenvalue weighted by Crippen LogP contribution is -2.01.